The van der Waals surface area contributed by atoms with Crippen molar-refractivity contribution in [1.82, 2.24) is 5.32 Å². The Morgan fingerprint density at radius 1 is 1.44 bits per heavy atom. The summed E-state index contributed by atoms with van der Waals surface area (Å²) in [6, 6.07) is 7.87. The van der Waals surface area contributed by atoms with E-state index in [2.05, 4.69) is 24.4 Å². The first-order valence-corrected chi connectivity index (χ1v) is 5.70. The molecule has 1 heterocycles. The summed E-state index contributed by atoms with van der Waals surface area (Å²) < 4.78 is 0. The van der Waals surface area contributed by atoms with Crippen LogP contribution in [0.4, 0.5) is 0 Å². The lowest BCUT2D eigenvalue weighted by molar-refractivity contribution is -0.140. The summed E-state index contributed by atoms with van der Waals surface area (Å²) in [5.74, 6) is -0.359. The van der Waals surface area contributed by atoms with Gasteiger partial charge in [0.2, 0.25) is 0 Å². The van der Waals surface area contributed by atoms with Gasteiger partial charge in [-0.25, -0.2) is 0 Å². The van der Waals surface area contributed by atoms with E-state index < -0.39 is 12.0 Å². The molecule has 1 aliphatic rings. The van der Waals surface area contributed by atoms with Crippen LogP contribution in [0.25, 0.3) is 0 Å². The number of carbonyl (C=O) groups is 1. The van der Waals surface area contributed by atoms with Crippen molar-refractivity contribution in [3.05, 3.63) is 35.4 Å². The minimum atomic E-state index is -0.738. The molecule has 0 aromatic heterocycles. The van der Waals surface area contributed by atoms with Crippen molar-refractivity contribution in [3.8, 4) is 0 Å². The molecule has 0 radical (unpaired) electrons. The van der Waals surface area contributed by atoms with Gasteiger partial charge in [0, 0.05) is 0 Å². The molecule has 0 aliphatic carbocycles. The molecule has 2 N–H and O–H groups in total. The van der Waals surface area contributed by atoms with Gasteiger partial charge in [-0.1, -0.05) is 24.3 Å². The molecule has 3 nitrogen and oxygen atoms in total. The van der Waals surface area contributed by atoms with E-state index in [4.69, 9.17) is 5.11 Å². The van der Waals surface area contributed by atoms with Gasteiger partial charge < -0.3 is 10.4 Å². The molecule has 2 unspecified atom stereocenters. The lowest BCUT2D eigenvalue weighted by atomic mass is 9.84. The molecule has 16 heavy (non-hydrogen) atoms. The summed E-state index contributed by atoms with van der Waals surface area (Å²) in [6.45, 7) is 2.88. The fourth-order valence-corrected chi connectivity index (χ4v) is 2.43. The predicted octanol–water partition coefficient (Wildman–Crippen LogP) is 1.92. The van der Waals surface area contributed by atoms with Crippen molar-refractivity contribution in [2.45, 2.75) is 31.7 Å². The Balaban J connectivity index is 2.16. The van der Waals surface area contributed by atoms with Crippen molar-refractivity contribution in [3.63, 3.8) is 0 Å². The third-order valence-electron chi connectivity index (χ3n) is 3.33. The van der Waals surface area contributed by atoms with E-state index in [1.165, 1.54) is 11.1 Å². The van der Waals surface area contributed by atoms with E-state index in [0.717, 1.165) is 13.0 Å². The molecule has 1 saturated heterocycles. The highest BCUT2D eigenvalue weighted by atomic mass is 16.4. The highest BCUT2D eigenvalue weighted by Gasteiger charge is 2.27. The molecular formula is C13H17NO2. The first-order chi connectivity index (χ1) is 7.68. The Bertz CT molecular complexity index is 389. The van der Waals surface area contributed by atoms with E-state index in [0.29, 0.717) is 12.3 Å². The number of hydrogen-bond acceptors (Lipinski definition) is 2. The monoisotopic (exact) mass is 219 g/mol. The summed E-state index contributed by atoms with van der Waals surface area (Å²) in [4.78, 5) is 11.0. The fraction of sp³-hybridized carbons (Fsp3) is 0.462. The van der Waals surface area contributed by atoms with Crippen LogP contribution in [0.15, 0.2) is 24.3 Å². The summed E-state index contributed by atoms with van der Waals surface area (Å²) >= 11 is 0. The van der Waals surface area contributed by atoms with Gasteiger partial charge in [-0.3, -0.25) is 4.79 Å². The topological polar surface area (TPSA) is 49.3 Å². The average molecular weight is 219 g/mol. The second-order valence-electron chi connectivity index (χ2n) is 4.42. The normalized spacial score (nSPS) is 25.3. The Labute approximate surface area is 95.5 Å². The predicted molar refractivity (Wildman–Crippen MR) is 62.6 cm³/mol. The minimum Gasteiger partial charge on any atom is -0.480 e. The molecule has 0 amide bonds. The molecule has 1 fully saturated rings. The molecule has 1 aliphatic heterocycles. The highest BCUT2D eigenvalue weighted by molar-refractivity contribution is 5.73. The lowest BCUT2D eigenvalue weighted by Crippen LogP contribution is -2.42. The van der Waals surface area contributed by atoms with Gasteiger partial charge in [-0.2, -0.15) is 0 Å². The molecule has 2 atom stereocenters. The summed E-state index contributed by atoms with van der Waals surface area (Å²) in [5.41, 5.74) is 2.56. The van der Waals surface area contributed by atoms with Gasteiger partial charge in [-0.05, 0) is 43.4 Å². The average Bonchev–Trinajstić information content (AvgIpc) is 2.30. The van der Waals surface area contributed by atoms with E-state index >= 15 is 0 Å². The van der Waals surface area contributed by atoms with Gasteiger partial charge in [0.05, 0.1) is 0 Å². The van der Waals surface area contributed by atoms with Crippen LogP contribution in [0.3, 0.4) is 0 Å². The number of piperidine rings is 1. The zero-order valence-corrected chi connectivity index (χ0v) is 9.44. The second-order valence-corrected chi connectivity index (χ2v) is 4.42. The van der Waals surface area contributed by atoms with Gasteiger partial charge in [0.1, 0.15) is 6.04 Å². The second kappa shape index (κ2) is 4.66. The van der Waals surface area contributed by atoms with Crippen LogP contribution in [0.2, 0.25) is 0 Å². The zero-order chi connectivity index (χ0) is 11.5. The van der Waals surface area contributed by atoms with Crippen molar-refractivity contribution < 1.29 is 9.90 Å². The Hall–Kier alpha value is -1.35. The van der Waals surface area contributed by atoms with Crippen LogP contribution in [-0.2, 0) is 4.79 Å². The van der Waals surface area contributed by atoms with Crippen LogP contribution in [0, 0.1) is 6.92 Å². The van der Waals surface area contributed by atoms with E-state index in [-0.39, 0.29) is 0 Å². The first kappa shape index (κ1) is 11.1. The number of hydrogen-bond donors (Lipinski definition) is 2. The number of carboxylic acid groups (broad SMARTS) is 1. The van der Waals surface area contributed by atoms with E-state index in [1.54, 1.807) is 0 Å². The van der Waals surface area contributed by atoms with Crippen molar-refractivity contribution in [1.29, 1.82) is 0 Å². The quantitative estimate of drug-likeness (QED) is 0.799. The SMILES string of the molecule is Cc1ccccc1C1CCNC(C(=O)O)C1. The molecule has 86 valence electrons. The number of nitrogens with one attached hydrogen (secondary N) is 1. The number of aliphatic carboxylic acids is 1. The molecule has 3 heteroatoms. The smallest absolute Gasteiger partial charge is 0.320 e. The summed E-state index contributed by atoms with van der Waals surface area (Å²) in [5, 5.41) is 12.0. The standard InChI is InChI=1S/C13H17NO2/c1-9-4-2-3-5-11(9)10-6-7-14-12(8-10)13(15)16/h2-5,10,12,14H,6-8H2,1H3,(H,15,16). The molecule has 0 saturated carbocycles. The number of rotatable bonds is 2. The van der Waals surface area contributed by atoms with Gasteiger partial charge >= 0.3 is 5.97 Å². The molecule has 1 aromatic rings. The number of aryl methyl sites for hydroxylation is 1. The van der Waals surface area contributed by atoms with E-state index in [9.17, 15) is 4.79 Å². The van der Waals surface area contributed by atoms with Crippen molar-refractivity contribution in [2.24, 2.45) is 0 Å². The minimum absolute atomic E-state index is 0.378. The van der Waals surface area contributed by atoms with Gasteiger partial charge in [0.25, 0.3) is 0 Å². The lowest BCUT2D eigenvalue weighted by Gasteiger charge is -2.29. The van der Waals surface area contributed by atoms with Gasteiger partial charge in [0.15, 0.2) is 0 Å². The van der Waals surface area contributed by atoms with Gasteiger partial charge in [-0.15, -0.1) is 0 Å². The van der Waals surface area contributed by atoms with Crippen molar-refractivity contribution in [2.75, 3.05) is 6.54 Å². The number of carboxylic acids is 1. The maximum atomic E-state index is 11.0. The van der Waals surface area contributed by atoms with Crippen LogP contribution in [0.1, 0.15) is 29.9 Å². The van der Waals surface area contributed by atoms with Crippen LogP contribution in [0.5, 0.6) is 0 Å². The summed E-state index contributed by atoms with van der Waals surface area (Å²) in [6.07, 6.45) is 1.72. The maximum Gasteiger partial charge on any atom is 0.320 e. The Morgan fingerprint density at radius 2 is 2.19 bits per heavy atom. The first-order valence-electron chi connectivity index (χ1n) is 5.70. The Morgan fingerprint density at radius 3 is 2.88 bits per heavy atom. The molecule has 0 bridgehead atoms. The van der Waals surface area contributed by atoms with Crippen LogP contribution in [-0.4, -0.2) is 23.7 Å². The number of benzene rings is 1. The Kier molecular flexibility index (Phi) is 3.25. The fourth-order valence-electron chi connectivity index (χ4n) is 2.43. The van der Waals surface area contributed by atoms with Crippen LogP contribution < -0.4 is 5.32 Å². The maximum absolute atomic E-state index is 11.0. The molecule has 1 aromatic carbocycles. The highest BCUT2D eigenvalue weighted by Crippen LogP contribution is 2.29. The van der Waals surface area contributed by atoms with Crippen molar-refractivity contribution >= 4 is 5.97 Å². The van der Waals surface area contributed by atoms with Crippen LogP contribution >= 0.6 is 0 Å². The molecule has 0 spiro atoms. The largest absolute Gasteiger partial charge is 0.480 e. The van der Waals surface area contributed by atoms with E-state index in [1.807, 2.05) is 12.1 Å². The third-order valence-corrected chi connectivity index (χ3v) is 3.33. The summed E-state index contributed by atoms with van der Waals surface area (Å²) in [7, 11) is 0. The zero-order valence-electron chi connectivity index (χ0n) is 9.44. The molecule has 2 rings (SSSR count). The molecular weight excluding hydrogens is 202 g/mol. The third kappa shape index (κ3) is 2.25.